The Morgan fingerprint density at radius 1 is 1.43 bits per heavy atom. The van der Waals surface area contributed by atoms with E-state index >= 15 is 0 Å². The number of nitrogens with zero attached hydrogens (tertiary/aromatic N) is 3. The Morgan fingerprint density at radius 2 is 2.17 bits per heavy atom. The van der Waals surface area contributed by atoms with E-state index in [1.807, 2.05) is 19.9 Å². The van der Waals surface area contributed by atoms with Gasteiger partial charge in [-0.15, -0.1) is 0 Å². The van der Waals surface area contributed by atoms with Crippen LogP contribution in [0.15, 0.2) is 18.2 Å². The molecular weight excluding hydrogens is 296 g/mol. The number of pyridine rings is 1. The van der Waals surface area contributed by atoms with Crippen molar-refractivity contribution in [3.8, 4) is 0 Å². The standard InChI is InChI=1S/C16H22N4O3/c1-4-20-9-12(8-15(20)22)16(23)19(3)10-14(21)18-13-7-5-6-11(2)17-13/h5-7,12H,4,8-10H2,1-3H3,(H,17,18,21)/t12-/m1/s1. The molecule has 0 saturated carbocycles. The molecule has 1 aliphatic heterocycles. The number of likely N-dealkylation sites (N-methyl/N-ethyl adjacent to an activating group) is 1. The molecule has 1 atom stereocenters. The minimum Gasteiger partial charge on any atom is -0.342 e. The van der Waals surface area contributed by atoms with Crippen molar-refractivity contribution < 1.29 is 14.4 Å². The Balaban J connectivity index is 1.88. The van der Waals surface area contributed by atoms with Gasteiger partial charge >= 0.3 is 0 Å². The Morgan fingerprint density at radius 3 is 2.78 bits per heavy atom. The van der Waals surface area contributed by atoms with Crippen molar-refractivity contribution in [3.05, 3.63) is 23.9 Å². The molecule has 7 nitrogen and oxygen atoms in total. The number of nitrogens with one attached hydrogen (secondary N) is 1. The maximum atomic E-state index is 12.3. The van der Waals surface area contributed by atoms with E-state index in [0.29, 0.717) is 18.9 Å². The third-order valence-corrected chi connectivity index (χ3v) is 3.86. The summed E-state index contributed by atoms with van der Waals surface area (Å²) in [6.45, 7) is 4.69. The summed E-state index contributed by atoms with van der Waals surface area (Å²) in [5.74, 6) is -0.397. The molecule has 124 valence electrons. The molecule has 1 fully saturated rings. The first-order chi connectivity index (χ1) is 10.9. The summed E-state index contributed by atoms with van der Waals surface area (Å²) < 4.78 is 0. The topological polar surface area (TPSA) is 82.6 Å². The summed E-state index contributed by atoms with van der Waals surface area (Å²) >= 11 is 0. The predicted molar refractivity (Wildman–Crippen MR) is 85.6 cm³/mol. The first-order valence-corrected chi connectivity index (χ1v) is 7.67. The van der Waals surface area contributed by atoms with Crippen molar-refractivity contribution in [1.82, 2.24) is 14.8 Å². The summed E-state index contributed by atoms with van der Waals surface area (Å²) in [4.78, 5) is 43.3. The second-order valence-corrected chi connectivity index (χ2v) is 5.74. The summed E-state index contributed by atoms with van der Waals surface area (Å²) in [6, 6.07) is 5.33. The third kappa shape index (κ3) is 4.28. The van der Waals surface area contributed by atoms with Crippen molar-refractivity contribution in [3.63, 3.8) is 0 Å². The predicted octanol–water partition coefficient (Wildman–Crippen LogP) is 0.655. The van der Waals surface area contributed by atoms with Gasteiger partial charge in [-0.2, -0.15) is 0 Å². The van der Waals surface area contributed by atoms with Gasteiger partial charge < -0.3 is 15.1 Å². The SMILES string of the molecule is CCN1C[C@H](C(=O)N(C)CC(=O)Nc2cccc(C)n2)CC1=O. The summed E-state index contributed by atoms with van der Waals surface area (Å²) in [5.41, 5.74) is 0.802. The van der Waals surface area contributed by atoms with E-state index in [4.69, 9.17) is 0 Å². The maximum absolute atomic E-state index is 12.3. The number of rotatable bonds is 5. The second kappa shape index (κ2) is 7.21. The molecule has 0 spiro atoms. The fraction of sp³-hybridized carbons (Fsp3) is 0.500. The highest BCUT2D eigenvalue weighted by Crippen LogP contribution is 2.19. The van der Waals surface area contributed by atoms with Crippen LogP contribution in [-0.4, -0.2) is 59.2 Å². The Hall–Kier alpha value is -2.44. The van der Waals surface area contributed by atoms with Gasteiger partial charge in [0.2, 0.25) is 17.7 Å². The van der Waals surface area contributed by atoms with E-state index in [1.165, 1.54) is 4.90 Å². The monoisotopic (exact) mass is 318 g/mol. The van der Waals surface area contributed by atoms with Gasteiger partial charge in [-0.1, -0.05) is 6.07 Å². The number of amides is 3. The number of aryl methyl sites for hydroxylation is 1. The molecule has 1 N–H and O–H groups in total. The molecule has 0 aliphatic carbocycles. The number of hydrogen-bond acceptors (Lipinski definition) is 4. The molecular formula is C16H22N4O3. The molecule has 1 aromatic heterocycles. The van der Waals surface area contributed by atoms with E-state index in [2.05, 4.69) is 10.3 Å². The van der Waals surface area contributed by atoms with Crippen LogP contribution in [0.3, 0.4) is 0 Å². The van der Waals surface area contributed by atoms with E-state index in [-0.39, 0.29) is 36.6 Å². The van der Waals surface area contributed by atoms with Gasteiger partial charge in [0.25, 0.3) is 0 Å². The quantitative estimate of drug-likeness (QED) is 0.864. The van der Waals surface area contributed by atoms with Crippen LogP contribution in [0, 0.1) is 12.8 Å². The van der Waals surface area contributed by atoms with Crippen LogP contribution < -0.4 is 5.32 Å². The van der Waals surface area contributed by atoms with Crippen molar-refractivity contribution in [1.29, 1.82) is 0 Å². The highest BCUT2D eigenvalue weighted by atomic mass is 16.2. The molecule has 1 saturated heterocycles. The van der Waals surface area contributed by atoms with E-state index in [0.717, 1.165) is 5.69 Å². The molecule has 2 heterocycles. The van der Waals surface area contributed by atoms with Crippen LogP contribution in [-0.2, 0) is 14.4 Å². The first-order valence-electron chi connectivity index (χ1n) is 7.67. The highest BCUT2D eigenvalue weighted by molar-refractivity contribution is 5.95. The Bertz CT molecular complexity index is 617. The minimum absolute atomic E-state index is 0.00679. The minimum atomic E-state index is -0.364. The fourth-order valence-corrected chi connectivity index (χ4v) is 2.64. The molecule has 2 rings (SSSR count). The summed E-state index contributed by atoms with van der Waals surface area (Å²) in [7, 11) is 1.57. The lowest BCUT2D eigenvalue weighted by Crippen LogP contribution is -2.39. The zero-order valence-electron chi connectivity index (χ0n) is 13.7. The lowest BCUT2D eigenvalue weighted by molar-refractivity contribution is -0.137. The van der Waals surface area contributed by atoms with Gasteiger partial charge in [-0.25, -0.2) is 4.98 Å². The fourth-order valence-electron chi connectivity index (χ4n) is 2.64. The summed E-state index contributed by atoms with van der Waals surface area (Å²) in [6.07, 6.45) is 0.220. The number of hydrogen-bond donors (Lipinski definition) is 1. The Kier molecular flexibility index (Phi) is 5.31. The second-order valence-electron chi connectivity index (χ2n) is 5.74. The van der Waals surface area contributed by atoms with Crippen LogP contribution in [0.4, 0.5) is 5.82 Å². The molecule has 3 amide bonds. The van der Waals surface area contributed by atoms with Gasteiger partial charge in [-0.3, -0.25) is 14.4 Å². The summed E-state index contributed by atoms with van der Waals surface area (Å²) in [5, 5.41) is 2.67. The highest BCUT2D eigenvalue weighted by Gasteiger charge is 2.35. The van der Waals surface area contributed by atoms with Crippen molar-refractivity contribution >= 4 is 23.5 Å². The molecule has 23 heavy (non-hydrogen) atoms. The molecule has 0 unspecified atom stereocenters. The van der Waals surface area contributed by atoms with Gasteiger partial charge in [0.05, 0.1) is 12.5 Å². The van der Waals surface area contributed by atoms with Gasteiger partial charge in [0.1, 0.15) is 5.82 Å². The number of anilines is 1. The first kappa shape index (κ1) is 16.9. The number of carbonyl (C=O) groups excluding carboxylic acids is 3. The van der Waals surface area contributed by atoms with Crippen LogP contribution in [0.1, 0.15) is 19.0 Å². The lowest BCUT2D eigenvalue weighted by atomic mass is 10.1. The van der Waals surface area contributed by atoms with Crippen molar-refractivity contribution in [2.75, 3.05) is 32.0 Å². The average molecular weight is 318 g/mol. The zero-order chi connectivity index (χ0) is 17.0. The van der Waals surface area contributed by atoms with Crippen LogP contribution >= 0.6 is 0 Å². The van der Waals surface area contributed by atoms with Crippen molar-refractivity contribution in [2.24, 2.45) is 5.92 Å². The third-order valence-electron chi connectivity index (χ3n) is 3.86. The van der Waals surface area contributed by atoms with Gasteiger partial charge in [0.15, 0.2) is 0 Å². The number of likely N-dealkylation sites (tertiary alicyclic amines) is 1. The smallest absolute Gasteiger partial charge is 0.245 e. The Labute approximate surface area is 135 Å². The largest absolute Gasteiger partial charge is 0.342 e. The van der Waals surface area contributed by atoms with Crippen molar-refractivity contribution in [2.45, 2.75) is 20.3 Å². The number of carbonyl (C=O) groups is 3. The van der Waals surface area contributed by atoms with Crippen LogP contribution in [0.5, 0.6) is 0 Å². The van der Waals surface area contributed by atoms with Crippen LogP contribution in [0.25, 0.3) is 0 Å². The van der Waals surface area contributed by atoms with E-state index in [1.54, 1.807) is 24.1 Å². The molecule has 7 heteroatoms. The molecule has 0 bridgehead atoms. The molecule has 1 aromatic rings. The van der Waals surface area contributed by atoms with E-state index < -0.39 is 0 Å². The molecule has 0 aromatic carbocycles. The molecule has 0 radical (unpaired) electrons. The van der Waals surface area contributed by atoms with Gasteiger partial charge in [-0.05, 0) is 26.0 Å². The zero-order valence-corrected chi connectivity index (χ0v) is 13.7. The lowest BCUT2D eigenvalue weighted by Gasteiger charge is -2.20. The van der Waals surface area contributed by atoms with Gasteiger partial charge in [0, 0.05) is 32.3 Å². The average Bonchev–Trinajstić information content (AvgIpc) is 2.87. The van der Waals surface area contributed by atoms with E-state index in [9.17, 15) is 14.4 Å². The normalized spacial score (nSPS) is 17.3. The maximum Gasteiger partial charge on any atom is 0.245 e. The van der Waals surface area contributed by atoms with Crippen LogP contribution in [0.2, 0.25) is 0 Å². The number of aromatic nitrogens is 1. The molecule has 1 aliphatic rings.